The Morgan fingerprint density at radius 2 is 1.81 bits per heavy atom. The molecular formula is C16H9. The fourth-order valence-electron chi connectivity index (χ4n) is 2.09. The van der Waals surface area contributed by atoms with Crippen molar-refractivity contribution in [2.75, 3.05) is 0 Å². The van der Waals surface area contributed by atoms with Crippen molar-refractivity contribution in [3.05, 3.63) is 60.2 Å². The highest BCUT2D eigenvalue weighted by Gasteiger charge is 2.04. The third-order valence-electron chi connectivity index (χ3n) is 2.82. The van der Waals surface area contributed by atoms with Gasteiger partial charge in [0.1, 0.15) is 0 Å². The van der Waals surface area contributed by atoms with Crippen LogP contribution in [0.5, 0.6) is 0 Å². The van der Waals surface area contributed by atoms with Gasteiger partial charge in [0.15, 0.2) is 0 Å². The predicted octanol–water partition coefficient (Wildman–Crippen LogP) is 3.77. The molecule has 0 aliphatic carbocycles. The van der Waals surface area contributed by atoms with E-state index in [1.54, 1.807) is 0 Å². The monoisotopic (exact) mass is 201 g/mol. The summed E-state index contributed by atoms with van der Waals surface area (Å²) in [6, 6.07) is 19.5. The number of hydrogen-bond acceptors (Lipinski definition) is 0. The molecule has 0 aliphatic heterocycles. The first-order valence-corrected chi connectivity index (χ1v) is 5.19. The number of fused-ring (bicyclic) bond motifs is 2. The number of terminal acetylenes is 1. The highest BCUT2D eigenvalue weighted by atomic mass is 14.1. The summed E-state index contributed by atoms with van der Waals surface area (Å²) in [6.45, 7) is 0. The van der Waals surface area contributed by atoms with E-state index < -0.39 is 0 Å². The van der Waals surface area contributed by atoms with Gasteiger partial charge in [-0.3, -0.25) is 0 Å². The molecular weight excluding hydrogens is 192 g/mol. The van der Waals surface area contributed by atoms with Crippen LogP contribution in [0.2, 0.25) is 0 Å². The van der Waals surface area contributed by atoms with E-state index in [1.807, 2.05) is 24.3 Å². The Morgan fingerprint density at radius 3 is 2.69 bits per heavy atom. The summed E-state index contributed by atoms with van der Waals surface area (Å²) in [5.74, 6) is 2.78. The topological polar surface area (TPSA) is 0 Å². The van der Waals surface area contributed by atoms with Gasteiger partial charge in [-0.25, -0.2) is 0 Å². The third-order valence-corrected chi connectivity index (χ3v) is 2.82. The van der Waals surface area contributed by atoms with Crippen LogP contribution in [0, 0.1) is 18.4 Å². The van der Waals surface area contributed by atoms with E-state index in [0.29, 0.717) is 0 Å². The SMILES string of the molecule is C#Cc1c2[c]cccc2cc2ccccc12. The highest BCUT2D eigenvalue weighted by Crippen LogP contribution is 2.27. The quantitative estimate of drug-likeness (QED) is 0.383. The normalized spacial score (nSPS) is 10.4. The van der Waals surface area contributed by atoms with Crippen molar-refractivity contribution in [1.29, 1.82) is 0 Å². The number of rotatable bonds is 0. The maximum atomic E-state index is 5.61. The highest BCUT2D eigenvalue weighted by molar-refractivity contribution is 6.04. The molecule has 3 aromatic carbocycles. The van der Waals surface area contributed by atoms with Gasteiger partial charge in [-0.15, -0.1) is 6.42 Å². The molecule has 0 spiro atoms. The molecule has 0 bridgehead atoms. The molecule has 0 heteroatoms. The molecule has 0 saturated heterocycles. The standard InChI is InChI=1S/C16H9/c1-2-14-15-9-5-3-7-12(15)11-13-8-4-6-10-16(13)14/h1,3-9,11H. The van der Waals surface area contributed by atoms with Gasteiger partial charge in [-0.1, -0.05) is 48.4 Å². The third kappa shape index (κ3) is 1.19. The van der Waals surface area contributed by atoms with E-state index >= 15 is 0 Å². The van der Waals surface area contributed by atoms with E-state index in [4.69, 9.17) is 6.42 Å². The Balaban J connectivity index is 2.63. The summed E-state index contributed by atoms with van der Waals surface area (Å²) >= 11 is 0. The first kappa shape index (κ1) is 9.00. The van der Waals surface area contributed by atoms with Gasteiger partial charge < -0.3 is 0 Å². The molecule has 3 aromatic rings. The van der Waals surface area contributed by atoms with Crippen LogP contribution in [0.3, 0.4) is 0 Å². The Labute approximate surface area is 94.5 Å². The zero-order valence-electron chi connectivity index (χ0n) is 8.70. The second-order valence-electron chi connectivity index (χ2n) is 3.75. The molecule has 0 fully saturated rings. The molecule has 16 heavy (non-hydrogen) atoms. The molecule has 0 aromatic heterocycles. The zero-order chi connectivity index (χ0) is 11.0. The van der Waals surface area contributed by atoms with Crippen molar-refractivity contribution >= 4 is 21.5 Å². The fourth-order valence-corrected chi connectivity index (χ4v) is 2.09. The Morgan fingerprint density at radius 1 is 1.00 bits per heavy atom. The van der Waals surface area contributed by atoms with Gasteiger partial charge in [0, 0.05) is 10.9 Å². The van der Waals surface area contributed by atoms with Crippen molar-refractivity contribution in [2.45, 2.75) is 0 Å². The second kappa shape index (κ2) is 3.40. The maximum Gasteiger partial charge on any atom is 0.0405 e. The van der Waals surface area contributed by atoms with E-state index in [-0.39, 0.29) is 0 Å². The predicted molar refractivity (Wildman–Crippen MR) is 68.2 cm³/mol. The van der Waals surface area contributed by atoms with E-state index in [0.717, 1.165) is 21.7 Å². The summed E-state index contributed by atoms with van der Waals surface area (Å²) in [7, 11) is 0. The molecule has 0 heterocycles. The van der Waals surface area contributed by atoms with Crippen LogP contribution < -0.4 is 0 Å². The van der Waals surface area contributed by atoms with Crippen molar-refractivity contribution in [3.8, 4) is 12.3 Å². The fraction of sp³-hybridized carbons (Fsp3) is 0. The van der Waals surface area contributed by atoms with E-state index in [1.165, 1.54) is 5.39 Å². The van der Waals surface area contributed by atoms with Crippen LogP contribution in [-0.2, 0) is 0 Å². The smallest absolute Gasteiger partial charge is 0.0405 e. The Hall–Kier alpha value is -2.26. The van der Waals surface area contributed by atoms with Crippen molar-refractivity contribution in [1.82, 2.24) is 0 Å². The van der Waals surface area contributed by atoms with Crippen molar-refractivity contribution < 1.29 is 0 Å². The average molecular weight is 201 g/mol. The lowest BCUT2D eigenvalue weighted by atomic mass is 9.97. The molecule has 0 nitrogen and oxygen atoms in total. The van der Waals surface area contributed by atoms with Gasteiger partial charge in [-0.05, 0) is 28.3 Å². The lowest BCUT2D eigenvalue weighted by Crippen LogP contribution is -1.83. The van der Waals surface area contributed by atoms with Crippen LogP contribution in [0.1, 0.15) is 5.56 Å². The lowest BCUT2D eigenvalue weighted by molar-refractivity contribution is 1.73. The zero-order valence-corrected chi connectivity index (χ0v) is 8.70. The molecule has 73 valence electrons. The van der Waals surface area contributed by atoms with Crippen LogP contribution in [-0.4, -0.2) is 0 Å². The molecule has 0 saturated carbocycles. The largest absolute Gasteiger partial charge is 0.115 e. The van der Waals surface area contributed by atoms with Gasteiger partial charge in [-0.2, -0.15) is 0 Å². The summed E-state index contributed by atoms with van der Waals surface area (Å²) in [4.78, 5) is 0. The lowest BCUT2D eigenvalue weighted by Gasteiger charge is -2.05. The van der Waals surface area contributed by atoms with Gasteiger partial charge in [0.2, 0.25) is 0 Å². The van der Waals surface area contributed by atoms with Crippen LogP contribution >= 0.6 is 0 Å². The minimum absolute atomic E-state index is 0.939. The first-order chi connectivity index (χ1) is 7.90. The van der Waals surface area contributed by atoms with Gasteiger partial charge in [0.25, 0.3) is 0 Å². The van der Waals surface area contributed by atoms with Crippen LogP contribution in [0.15, 0.2) is 48.5 Å². The molecule has 3 rings (SSSR count). The second-order valence-corrected chi connectivity index (χ2v) is 3.75. The Kier molecular flexibility index (Phi) is 1.91. The molecule has 0 atom stereocenters. The molecule has 1 radical (unpaired) electrons. The first-order valence-electron chi connectivity index (χ1n) is 5.19. The molecule has 0 amide bonds. The summed E-state index contributed by atoms with van der Waals surface area (Å²) < 4.78 is 0. The molecule has 0 N–H and O–H groups in total. The van der Waals surface area contributed by atoms with Crippen LogP contribution in [0.4, 0.5) is 0 Å². The number of benzene rings is 3. The number of hydrogen-bond donors (Lipinski definition) is 0. The van der Waals surface area contributed by atoms with Crippen molar-refractivity contribution in [2.24, 2.45) is 0 Å². The molecule has 0 aliphatic rings. The Bertz CT molecular complexity index is 661. The molecule has 0 unspecified atom stereocenters. The average Bonchev–Trinajstić information content (AvgIpc) is 2.36. The minimum atomic E-state index is 0.939. The van der Waals surface area contributed by atoms with Gasteiger partial charge >= 0.3 is 0 Å². The maximum absolute atomic E-state index is 5.61. The van der Waals surface area contributed by atoms with Crippen LogP contribution in [0.25, 0.3) is 21.5 Å². The summed E-state index contributed by atoms with van der Waals surface area (Å²) in [6.07, 6.45) is 5.61. The van der Waals surface area contributed by atoms with E-state index in [2.05, 4.69) is 36.3 Å². The summed E-state index contributed by atoms with van der Waals surface area (Å²) in [5, 5.41) is 4.49. The van der Waals surface area contributed by atoms with Gasteiger partial charge in [0.05, 0.1) is 0 Å². The van der Waals surface area contributed by atoms with Crippen molar-refractivity contribution in [3.63, 3.8) is 0 Å². The summed E-state index contributed by atoms with van der Waals surface area (Å²) in [5.41, 5.74) is 0.939. The van der Waals surface area contributed by atoms with E-state index in [9.17, 15) is 0 Å². The minimum Gasteiger partial charge on any atom is -0.115 e.